The van der Waals surface area contributed by atoms with Crippen LogP contribution >= 0.6 is 0 Å². The topological polar surface area (TPSA) is 53.4 Å². The van der Waals surface area contributed by atoms with Gasteiger partial charge in [0, 0.05) is 45.1 Å². The van der Waals surface area contributed by atoms with Gasteiger partial charge in [-0.05, 0) is 11.6 Å². The van der Waals surface area contributed by atoms with Crippen LogP contribution < -0.4 is 5.32 Å². The van der Waals surface area contributed by atoms with Crippen LogP contribution in [0.2, 0.25) is 0 Å². The van der Waals surface area contributed by atoms with E-state index in [9.17, 15) is 4.79 Å². The summed E-state index contributed by atoms with van der Waals surface area (Å²) < 4.78 is 1.85. The molecular formula is C19H25N5O. The Labute approximate surface area is 148 Å². The zero-order valence-corrected chi connectivity index (χ0v) is 14.4. The van der Waals surface area contributed by atoms with E-state index in [1.54, 1.807) is 6.20 Å². The predicted molar refractivity (Wildman–Crippen MR) is 98.2 cm³/mol. The molecule has 25 heavy (non-hydrogen) atoms. The average molecular weight is 339 g/mol. The molecule has 1 N–H and O–H groups in total. The lowest BCUT2D eigenvalue weighted by molar-refractivity contribution is 0.143. The van der Waals surface area contributed by atoms with Gasteiger partial charge in [0.15, 0.2) is 0 Å². The van der Waals surface area contributed by atoms with Crippen LogP contribution in [0.3, 0.4) is 0 Å². The summed E-state index contributed by atoms with van der Waals surface area (Å²) in [5, 5.41) is 7.44. The van der Waals surface area contributed by atoms with Crippen LogP contribution in [0.1, 0.15) is 11.6 Å². The number of urea groups is 1. The highest BCUT2D eigenvalue weighted by Gasteiger charge is 2.23. The van der Waals surface area contributed by atoms with Gasteiger partial charge in [0.25, 0.3) is 0 Å². The third kappa shape index (κ3) is 4.70. The molecule has 132 valence electrons. The highest BCUT2D eigenvalue weighted by molar-refractivity contribution is 5.74. The first-order valence-corrected chi connectivity index (χ1v) is 8.67. The number of piperazine rings is 1. The summed E-state index contributed by atoms with van der Waals surface area (Å²) in [6.45, 7) is 8.51. The number of rotatable bonds is 6. The molecule has 1 fully saturated rings. The van der Waals surface area contributed by atoms with E-state index >= 15 is 0 Å². The normalized spacial score (nSPS) is 16.4. The van der Waals surface area contributed by atoms with Crippen LogP contribution in [-0.4, -0.2) is 58.3 Å². The first-order chi connectivity index (χ1) is 12.3. The quantitative estimate of drug-likeness (QED) is 0.821. The molecule has 0 spiro atoms. The maximum atomic E-state index is 12.7. The number of benzene rings is 1. The van der Waals surface area contributed by atoms with Gasteiger partial charge in [-0.1, -0.05) is 36.4 Å². The largest absolute Gasteiger partial charge is 0.329 e. The number of carbonyl (C=O) groups is 1. The minimum absolute atomic E-state index is 0.0146. The van der Waals surface area contributed by atoms with E-state index < -0.39 is 0 Å². The summed E-state index contributed by atoms with van der Waals surface area (Å²) in [7, 11) is 0. The fourth-order valence-electron chi connectivity index (χ4n) is 3.07. The van der Waals surface area contributed by atoms with Crippen LogP contribution in [0.5, 0.6) is 0 Å². The third-order valence-corrected chi connectivity index (χ3v) is 4.48. The zero-order chi connectivity index (χ0) is 17.5. The van der Waals surface area contributed by atoms with Crippen molar-refractivity contribution in [3.05, 3.63) is 67.0 Å². The minimum Gasteiger partial charge on any atom is -0.329 e. The van der Waals surface area contributed by atoms with Crippen LogP contribution in [0.4, 0.5) is 4.79 Å². The highest BCUT2D eigenvalue weighted by Crippen LogP contribution is 2.15. The van der Waals surface area contributed by atoms with Gasteiger partial charge in [0.1, 0.15) is 0 Å². The predicted octanol–water partition coefficient (Wildman–Crippen LogP) is 2.14. The molecule has 0 aliphatic carbocycles. The zero-order valence-electron chi connectivity index (χ0n) is 14.4. The lowest BCUT2D eigenvalue weighted by Crippen LogP contribution is -2.52. The lowest BCUT2D eigenvalue weighted by atomic mass is 10.1. The molecule has 0 bridgehead atoms. The standard InChI is InChI=1S/C19H25N5O/c1-2-10-22-12-14-23(15-13-22)19(25)21-18(16-24-11-6-9-20-24)17-7-4-3-5-8-17/h2-9,11,18H,1,10,12-16H2,(H,21,25)/t18-/m1/s1. The third-order valence-electron chi connectivity index (χ3n) is 4.48. The van der Waals surface area contributed by atoms with Crippen molar-refractivity contribution in [2.45, 2.75) is 12.6 Å². The Balaban J connectivity index is 1.63. The van der Waals surface area contributed by atoms with Crippen LogP contribution in [0.15, 0.2) is 61.4 Å². The fourth-order valence-corrected chi connectivity index (χ4v) is 3.07. The molecule has 1 atom stereocenters. The van der Waals surface area contributed by atoms with E-state index in [4.69, 9.17) is 0 Å². The monoisotopic (exact) mass is 339 g/mol. The molecule has 6 heteroatoms. The molecule has 2 heterocycles. The summed E-state index contributed by atoms with van der Waals surface area (Å²) in [4.78, 5) is 16.9. The van der Waals surface area contributed by atoms with Crippen molar-refractivity contribution in [2.75, 3.05) is 32.7 Å². The smallest absolute Gasteiger partial charge is 0.318 e. The van der Waals surface area contributed by atoms with Gasteiger partial charge in [-0.2, -0.15) is 5.10 Å². The van der Waals surface area contributed by atoms with Crippen molar-refractivity contribution in [3.63, 3.8) is 0 Å². The second-order valence-corrected chi connectivity index (χ2v) is 6.22. The summed E-state index contributed by atoms with van der Waals surface area (Å²) in [5.41, 5.74) is 1.08. The number of hydrogen-bond donors (Lipinski definition) is 1. The molecule has 3 rings (SSSR count). The maximum Gasteiger partial charge on any atom is 0.318 e. The van der Waals surface area contributed by atoms with E-state index in [0.717, 1.165) is 38.3 Å². The molecule has 0 saturated carbocycles. The van der Waals surface area contributed by atoms with Crippen molar-refractivity contribution in [3.8, 4) is 0 Å². The molecule has 1 aliphatic heterocycles. The van der Waals surface area contributed by atoms with Crippen molar-refractivity contribution in [1.82, 2.24) is 24.9 Å². The van der Waals surface area contributed by atoms with Gasteiger partial charge in [-0.15, -0.1) is 6.58 Å². The molecule has 2 aromatic rings. The Kier molecular flexibility index (Phi) is 5.85. The number of amides is 2. The van der Waals surface area contributed by atoms with Crippen molar-refractivity contribution in [1.29, 1.82) is 0 Å². The molecule has 2 amide bonds. The summed E-state index contributed by atoms with van der Waals surface area (Å²) in [5.74, 6) is 0. The second kappa shape index (κ2) is 8.48. The van der Waals surface area contributed by atoms with Crippen molar-refractivity contribution in [2.24, 2.45) is 0 Å². The Morgan fingerprint density at radius 2 is 1.96 bits per heavy atom. The Morgan fingerprint density at radius 1 is 1.20 bits per heavy atom. The molecule has 0 unspecified atom stereocenters. The number of nitrogens with one attached hydrogen (secondary N) is 1. The summed E-state index contributed by atoms with van der Waals surface area (Å²) in [6.07, 6.45) is 5.57. The van der Waals surface area contributed by atoms with Gasteiger partial charge in [-0.25, -0.2) is 4.79 Å². The number of hydrogen-bond acceptors (Lipinski definition) is 3. The Morgan fingerprint density at radius 3 is 2.60 bits per heavy atom. The summed E-state index contributed by atoms with van der Waals surface area (Å²) >= 11 is 0. The molecule has 1 aromatic carbocycles. The van der Waals surface area contributed by atoms with E-state index in [1.165, 1.54) is 0 Å². The van der Waals surface area contributed by atoms with E-state index in [2.05, 4.69) is 21.9 Å². The van der Waals surface area contributed by atoms with Crippen LogP contribution in [0.25, 0.3) is 0 Å². The molecule has 1 aromatic heterocycles. The van der Waals surface area contributed by atoms with Gasteiger partial charge < -0.3 is 10.2 Å². The van der Waals surface area contributed by atoms with Crippen LogP contribution in [0, 0.1) is 0 Å². The van der Waals surface area contributed by atoms with Gasteiger partial charge >= 0.3 is 6.03 Å². The number of nitrogens with zero attached hydrogens (tertiary/aromatic N) is 4. The van der Waals surface area contributed by atoms with Crippen molar-refractivity contribution >= 4 is 6.03 Å². The highest BCUT2D eigenvalue weighted by atomic mass is 16.2. The molecule has 6 nitrogen and oxygen atoms in total. The number of carbonyl (C=O) groups excluding carboxylic acids is 1. The molecule has 0 radical (unpaired) electrons. The SMILES string of the molecule is C=CCN1CCN(C(=O)N[C@H](Cn2cccn2)c2ccccc2)CC1. The van der Waals surface area contributed by atoms with Crippen LogP contribution in [-0.2, 0) is 6.54 Å². The van der Waals surface area contributed by atoms with Gasteiger partial charge in [-0.3, -0.25) is 9.58 Å². The first-order valence-electron chi connectivity index (χ1n) is 8.67. The van der Waals surface area contributed by atoms with E-state index in [0.29, 0.717) is 6.54 Å². The average Bonchev–Trinajstić information content (AvgIpc) is 3.16. The molecule has 1 saturated heterocycles. The molecular weight excluding hydrogens is 314 g/mol. The van der Waals surface area contributed by atoms with E-state index in [1.807, 2.05) is 58.3 Å². The second-order valence-electron chi connectivity index (χ2n) is 6.22. The van der Waals surface area contributed by atoms with Crippen molar-refractivity contribution < 1.29 is 4.79 Å². The Hall–Kier alpha value is -2.60. The minimum atomic E-state index is -0.111. The van der Waals surface area contributed by atoms with E-state index in [-0.39, 0.29) is 12.1 Å². The Bertz CT molecular complexity index is 662. The summed E-state index contributed by atoms with van der Waals surface area (Å²) in [6, 6.07) is 11.8. The lowest BCUT2D eigenvalue weighted by Gasteiger charge is -2.35. The van der Waals surface area contributed by atoms with Gasteiger partial charge in [0.05, 0.1) is 12.6 Å². The number of aromatic nitrogens is 2. The molecule has 1 aliphatic rings. The van der Waals surface area contributed by atoms with Gasteiger partial charge in [0.2, 0.25) is 0 Å². The maximum absolute atomic E-state index is 12.7. The fraction of sp³-hybridized carbons (Fsp3) is 0.368. The first kappa shape index (κ1) is 17.2.